The Morgan fingerprint density at radius 2 is 1.95 bits per heavy atom. The third-order valence-electron chi connectivity index (χ3n) is 3.86. The van der Waals surface area contributed by atoms with Gasteiger partial charge in [-0.1, -0.05) is 60.5 Å². The Hall–Kier alpha value is -1.27. The molecule has 0 N–H and O–H groups in total. The average molecular weight is 273 g/mol. The molecule has 0 saturated heterocycles. The quantitative estimate of drug-likeness (QED) is 0.623. The van der Waals surface area contributed by atoms with Crippen molar-refractivity contribution in [2.75, 3.05) is 0 Å². The highest BCUT2D eigenvalue weighted by molar-refractivity contribution is 6.31. The number of benzene rings is 1. The average Bonchev–Trinajstić information content (AvgIpc) is 2.35. The molecule has 19 heavy (non-hydrogen) atoms. The summed E-state index contributed by atoms with van der Waals surface area (Å²) in [6.45, 7) is 8.78. The SMILES string of the molecule is CC(C)=C(c1cccc(Cl)c1C)C1(C)C=CC=CC1. The summed E-state index contributed by atoms with van der Waals surface area (Å²) in [4.78, 5) is 0. The van der Waals surface area contributed by atoms with E-state index >= 15 is 0 Å². The highest BCUT2D eigenvalue weighted by atomic mass is 35.5. The topological polar surface area (TPSA) is 0 Å². The summed E-state index contributed by atoms with van der Waals surface area (Å²) in [5.74, 6) is 0. The maximum absolute atomic E-state index is 6.29. The third kappa shape index (κ3) is 2.69. The van der Waals surface area contributed by atoms with Crippen molar-refractivity contribution in [3.63, 3.8) is 0 Å². The molecule has 1 aromatic rings. The number of allylic oxidation sites excluding steroid dienone is 6. The molecule has 0 nitrogen and oxygen atoms in total. The van der Waals surface area contributed by atoms with E-state index in [0.717, 1.165) is 11.4 Å². The van der Waals surface area contributed by atoms with Crippen molar-refractivity contribution < 1.29 is 0 Å². The molecule has 0 spiro atoms. The second-order valence-electron chi connectivity index (χ2n) is 5.70. The first kappa shape index (κ1) is 14.1. The third-order valence-corrected chi connectivity index (χ3v) is 4.27. The van der Waals surface area contributed by atoms with Gasteiger partial charge in [0.15, 0.2) is 0 Å². The van der Waals surface area contributed by atoms with Gasteiger partial charge in [0, 0.05) is 10.4 Å². The lowest BCUT2D eigenvalue weighted by atomic mass is 9.71. The highest BCUT2D eigenvalue weighted by Crippen LogP contribution is 2.44. The van der Waals surface area contributed by atoms with Crippen LogP contribution in [-0.2, 0) is 0 Å². The summed E-state index contributed by atoms with van der Waals surface area (Å²) in [5, 5.41) is 0.843. The summed E-state index contributed by atoms with van der Waals surface area (Å²) in [6.07, 6.45) is 9.84. The van der Waals surface area contributed by atoms with Gasteiger partial charge < -0.3 is 0 Å². The molecule has 1 unspecified atom stereocenters. The van der Waals surface area contributed by atoms with Gasteiger partial charge in [-0.25, -0.2) is 0 Å². The van der Waals surface area contributed by atoms with Gasteiger partial charge in [0.05, 0.1) is 0 Å². The molecule has 0 radical (unpaired) electrons. The van der Waals surface area contributed by atoms with Crippen LogP contribution >= 0.6 is 11.6 Å². The minimum absolute atomic E-state index is 0.0586. The van der Waals surface area contributed by atoms with Crippen LogP contribution in [0.4, 0.5) is 0 Å². The second kappa shape index (κ2) is 5.38. The molecule has 0 bridgehead atoms. The number of rotatable bonds is 2. The summed E-state index contributed by atoms with van der Waals surface area (Å²) in [6, 6.07) is 6.18. The van der Waals surface area contributed by atoms with Crippen LogP contribution in [-0.4, -0.2) is 0 Å². The van der Waals surface area contributed by atoms with E-state index in [0.29, 0.717) is 0 Å². The molecule has 1 atom stereocenters. The van der Waals surface area contributed by atoms with Crippen molar-refractivity contribution in [1.82, 2.24) is 0 Å². The zero-order valence-electron chi connectivity index (χ0n) is 12.1. The normalized spacial score (nSPS) is 21.5. The van der Waals surface area contributed by atoms with E-state index in [4.69, 9.17) is 11.6 Å². The van der Waals surface area contributed by atoms with Gasteiger partial charge in [-0.2, -0.15) is 0 Å². The standard InChI is InChI=1S/C18H21Cl/c1-13(2)17(18(4)11-6-5-7-12-18)15-9-8-10-16(19)14(15)3/h5-11H,12H2,1-4H3. The molecule has 0 aromatic heterocycles. The molecule has 2 rings (SSSR count). The summed E-state index contributed by atoms with van der Waals surface area (Å²) >= 11 is 6.29. The Morgan fingerprint density at radius 3 is 2.53 bits per heavy atom. The Kier molecular flexibility index (Phi) is 4.01. The number of hydrogen-bond acceptors (Lipinski definition) is 0. The smallest absolute Gasteiger partial charge is 0.0441 e. The molecule has 0 fully saturated rings. The van der Waals surface area contributed by atoms with E-state index < -0.39 is 0 Å². The van der Waals surface area contributed by atoms with Gasteiger partial charge in [0.1, 0.15) is 0 Å². The molecule has 1 aliphatic rings. The van der Waals surface area contributed by atoms with Crippen molar-refractivity contribution in [3.8, 4) is 0 Å². The zero-order chi connectivity index (χ0) is 14.0. The van der Waals surface area contributed by atoms with Crippen LogP contribution in [0, 0.1) is 12.3 Å². The summed E-state index contributed by atoms with van der Waals surface area (Å²) in [7, 11) is 0. The molecule has 1 aromatic carbocycles. The van der Waals surface area contributed by atoms with Gasteiger partial charge in [0.2, 0.25) is 0 Å². The molecule has 1 aliphatic carbocycles. The van der Waals surface area contributed by atoms with Gasteiger partial charge in [-0.05, 0) is 50.0 Å². The Balaban J connectivity index is 2.61. The Labute approximate surface area is 121 Å². The van der Waals surface area contributed by atoms with Gasteiger partial charge in [0.25, 0.3) is 0 Å². The number of hydrogen-bond donors (Lipinski definition) is 0. The lowest BCUT2D eigenvalue weighted by Crippen LogP contribution is -2.18. The molecule has 0 heterocycles. The van der Waals surface area contributed by atoms with Crippen LogP contribution in [0.5, 0.6) is 0 Å². The van der Waals surface area contributed by atoms with Crippen LogP contribution < -0.4 is 0 Å². The second-order valence-corrected chi connectivity index (χ2v) is 6.10. The molecular formula is C18H21Cl. The predicted octanol–water partition coefficient (Wildman–Crippen LogP) is 5.96. The fraction of sp³-hybridized carbons (Fsp3) is 0.333. The highest BCUT2D eigenvalue weighted by Gasteiger charge is 2.29. The lowest BCUT2D eigenvalue weighted by molar-refractivity contribution is 0.574. The Bertz CT molecular complexity index is 571. The van der Waals surface area contributed by atoms with Crippen LogP contribution in [0.1, 0.15) is 38.3 Å². The first-order valence-electron chi connectivity index (χ1n) is 6.73. The van der Waals surface area contributed by atoms with E-state index in [1.54, 1.807) is 0 Å². The van der Waals surface area contributed by atoms with Gasteiger partial charge in [-0.3, -0.25) is 0 Å². The van der Waals surface area contributed by atoms with Crippen LogP contribution in [0.3, 0.4) is 0 Å². The summed E-state index contributed by atoms with van der Waals surface area (Å²) < 4.78 is 0. The minimum atomic E-state index is 0.0586. The van der Waals surface area contributed by atoms with Crippen molar-refractivity contribution in [2.45, 2.75) is 34.1 Å². The van der Waals surface area contributed by atoms with Crippen LogP contribution in [0.15, 0.2) is 48.1 Å². The van der Waals surface area contributed by atoms with E-state index in [9.17, 15) is 0 Å². The summed E-state index contributed by atoms with van der Waals surface area (Å²) in [5.41, 5.74) is 5.25. The van der Waals surface area contributed by atoms with Gasteiger partial charge in [-0.15, -0.1) is 0 Å². The fourth-order valence-corrected chi connectivity index (χ4v) is 3.11. The monoisotopic (exact) mass is 272 g/mol. The van der Waals surface area contributed by atoms with E-state index in [2.05, 4.69) is 58.1 Å². The number of halogens is 1. The molecule has 100 valence electrons. The van der Waals surface area contributed by atoms with Crippen molar-refractivity contribution in [1.29, 1.82) is 0 Å². The molecule has 0 amide bonds. The predicted molar refractivity (Wildman–Crippen MR) is 85.5 cm³/mol. The molecule has 0 aliphatic heterocycles. The van der Waals surface area contributed by atoms with Crippen molar-refractivity contribution >= 4 is 17.2 Å². The maximum atomic E-state index is 6.29. The van der Waals surface area contributed by atoms with Crippen LogP contribution in [0.2, 0.25) is 5.02 Å². The molecular weight excluding hydrogens is 252 g/mol. The maximum Gasteiger partial charge on any atom is 0.0441 e. The van der Waals surface area contributed by atoms with Crippen molar-refractivity contribution in [2.24, 2.45) is 5.41 Å². The molecule has 1 heteroatoms. The van der Waals surface area contributed by atoms with Gasteiger partial charge >= 0.3 is 0 Å². The Morgan fingerprint density at radius 1 is 1.21 bits per heavy atom. The zero-order valence-corrected chi connectivity index (χ0v) is 12.9. The van der Waals surface area contributed by atoms with Crippen molar-refractivity contribution in [3.05, 3.63) is 64.2 Å². The fourth-order valence-electron chi connectivity index (χ4n) is 2.94. The lowest BCUT2D eigenvalue weighted by Gasteiger charge is -2.32. The minimum Gasteiger partial charge on any atom is -0.0840 e. The van der Waals surface area contributed by atoms with E-state index in [1.807, 2.05) is 12.1 Å². The van der Waals surface area contributed by atoms with E-state index in [-0.39, 0.29) is 5.41 Å². The molecule has 0 saturated carbocycles. The first-order valence-corrected chi connectivity index (χ1v) is 7.11. The first-order chi connectivity index (χ1) is 8.96. The largest absolute Gasteiger partial charge is 0.0840 e. The van der Waals surface area contributed by atoms with Crippen LogP contribution in [0.25, 0.3) is 5.57 Å². The van der Waals surface area contributed by atoms with E-state index in [1.165, 1.54) is 22.3 Å².